The molecule has 0 bridgehead atoms. The predicted octanol–water partition coefficient (Wildman–Crippen LogP) is 3.95. The Labute approximate surface area is 142 Å². The van der Waals surface area contributed by atoms with Gasteiger partial charge in [-0.05, 0) is 38.3 Å². The van der Waals surface area contributed by atoms with Gasteiger partial charge in [-0.2, -0.15) is 4.98 Å². The molecule has 2 heterocycles. The van der Waals surface area contributed by atoms with Gasteiger partial charge in [-0.15, -0.1) is 23.7 Å². The molecule has 1 unspecified atom stereocenters. The molecule has 1 N–H and O–H groups in total. The third-order valence-corrected chi connectivity index (χ3v) is 5.63. The second kappa shape index (κ2) is 7.57. The molecule has 3 rings (SSSR count). The van der Waals surface area contributed by atoms with Gasteiger partial charge in [-0.1, -0.05) is 30.5 Å². The topological polar surface area (TPSA) is 51.0 Å². The smallest absolute Gasteiger partial charge is 0.238 e. The van der Waals surface area contributed by atoms with E-state index < -0.39 is 0 Å². The molecule has 1 fully saturated rings. The summed E-state index contributed by atoms with van der Waals surface area (Å²) >= 11 is 1.81. The number of hydrogen-bond acceptors (Lipinski definition) is 5. The summed E-state index contributed by atoms with van der Waals surface area (Å²) in [5.41, 5.74) is -0.0411. The predicted molar refractivity (Wildman–Crippen MR) is 92.0 cm³/mol. The highest BCUT2D eigenvalue weighted by molar-refractivity contribution is 7.10. The minimum atomic E-state index is -0.0411. The van der Waals surface area contributed by atoms with Crippen molar-refractivity contribution in [2.75, 3.05) is 7.05 Å². The largest absolute Gasteiger partial charge is 0.338 e. The van der Waals surface area contributed by atoms with E-state index in [1.165, 1.54) is 24.1 Å². The van der Waals surface area contributed by atoms with Crippen molar-refractivity contribution < 1.29 is 4.52 Å². The molecule has 0 radical (unpaired) electrons. The van der Waals surface area contributed by atoms with Crippen LogP contribution in [0.1, 0.15) is 55.6 Å². The molecule has 1 atom stereocenters. The van der Waals surface area contributed by atoms with Gasteiger partial charge in [0.1, 0.15) is 0 Å². The van der Waals surface area contributed by atoms with E-state index in [9.17, 15) is 0 Å². The van der Waals surface area contributed by atoms with Crippen molar-refractivity contribution in [3.05, 3.63) is 34.1 Å². The fourth-order valence-corrected chi connectivity index (χ4v) is 4.16. The lowest BCUT2D eigenvalue weighted by Crippen LogP contribution is -2.30. The quantitative estimate of drug-likeness (QED) is 0.894. The number of thiophene rings is 1. The van der Waals surface area contributed by atoms with Crippen molar-refractivity contribution in [1.29, 1.82) is 0 Å². The third kappa shape index (κ3) is 3.36. The van der Waals surface area contributed by atoms with E-state index in [2.05, 4.69) is 34.9 Å². The fourth-order valence-electron chi connectivity index (χ4n) is 3.18. The molecule has 2 aromatic rings. The van der Waals surface area contributed by atoms with Crippen LogP contribution in [-0.2, 0) is 11.8 Å². The van der Waals surface area contributed by atoms with Gasteiger partial charge in [0.15, 0.2) is 5.82 Å². The summed E-state index contributed by atoms with van der Waals surface area (Å²) in [7, 11) is 1.96. The third-order valence-electron chi connectivity index (χ3n) is 4.56. The molecule has 1 aliphatic rings. The van der Waals surface area contributed by atoms with Crippen molar-refractivity contribution in [3.8, 4) is 0 Å². The number of hydrogen-bond donors (Lipinski definition) is 1. The minimum Gasteiger partial charge on any atom is -0.338 e. The lowest BCUT2D eigenvalue weighted by molar-refractivity contribution is 0.253. The molecular formula is C16H24ClN3OS. The standard InChI is InChI=1S/C16H23N3OS.ClH/c1-12(17-2)11-14-18-15(20-19-14)16(8-4-3-5-9-16)13-7-6-10-21-13;/h6-7,10,12,17H,3-5,8-9,11H2,1-2H3;1H. The zero-order valence-electron chi connectivity index (χ0n) is 13.2. The maximum Gasteiger partial charge on any atom is 0.238 e. The minimum absolute atomic E-state index is 0. The van der Waals surface area contributed by atoms with Crippen LogP contribution in [0.25, 0.3) is 0 Å². The second-order valence-electron chi connectivity index (χ2n) is 6.03. The van der Waals surface area contributed by atoms with Crippen LogP contribution >= 0.6 is 23.7 Å². The zero-order valence-corrected chi connectivity index (χ0v) is 14.8. The molecule has 122 valence electrons. The summed E-state index contributed by atoms with van der Waals surface area (Å²) in [6.45, 7) is 2.13. The Bertz CT molecular complexity index is 564. The molecule has 1 saturated carbocycles. The Morgan fingerprint density at radius 3 is 2.77 bits per heavy atom. The van der Waals surface area contributed by atoms with Gasteiger partial charge in [-0.25, -0.2) is 0 Å². The molecule has 4 nitrogen and oxygen atoms in total. The van der Waals surface area contributed by atoms with Crippen LogP contribution in [0.2, 0.25) is 0 Å². The summed E-state index contributed by atoms with van der Waals surface area (Å²) in [5, 5.41) is 9.58. The van der Waals surface area contributed by atoms with Gasteiger partial charge < -0.3 is 9.84 Å². The van der Waals surface area contributed by atoms with E-state index >= 15 is 0 Å². The maximum atomic E-state index is 5.69. The van der Waals surface area contributed by atoms with Gasteiger partial charge in [0.25, 0.3) is 0 Å². The van der Waals surface area contributed by atoms with Gasteiger partial charge in [0.05, 0.1) is 5.41 Å². The van der Waals surface area contributed by atoms with E-state index in [0.717, 1.165) is 31.0 Å². The molecule has 6 heteroatoms. The Morgan fingerprint density at radius 1 is 1.36 bits per heavy atom. The van der Waals surface area contributed by atoms with Crippen LogP contribution < -0.4 is 5.32 Å². The first kappa shape index (κ1) is 17.4. The molecular weight excluding hydrogens is 318 g/mol. The normalized spacial score (nSPS) is 18.6. The van der Waals surface area contributed by atoms with Crippen LogP contribution in [0.5, 0.6) is 0 Å². The van der Waals surface area contributed by atoms with Crippen molar-refractivity contribution in [3.63, 3.8) is 0 Å². The zero-order chi connectivity index (χ0) is 14.7. The summed E-state index contributed by atoms with van der Waals surface area (Å²) in [5.74, 6) is 1.64. The molecule has 0 spiro atoms. The van der Waals surface area contributed by atoms with E-state index in [-0.39, 0.29) is 17.8 Å². The number of aromatic nitrogens is 2. The van der Waals surface area contributed by atoms with Crippen molar-refractivity contribution in [2.45, 2.75) is 56.9 Å². The van der Waals surface area contributed by atoms with Gasteiger partial charge in [-0.3, -0.25) is 0 Å². The Hall–Kier alpha value is -0.910. The first-order valence-corrected chi connectivity index (χ1v) is 8.67. The first-order valence-electron chi connectivity index (χ1n) is 7.79. The molecule has 2 aromatic heterocycles. The summed E-state index contributed by atoms with van der Waals surface area (Å²) in [6, 6.07) is 4.70. The molecule has 0 saturated heterocycles. The lowest BCUT2D eigenvalue weighted by Gasteiger charge is -2.32. The van der Waals surface area contributed by atoms with Crippen LogP contribution in [-0.4, -0.2) is 23.2 Å². The average Bonchev–Trinajstić information content (AvgIpc) is 3.20. The SMILES string of the molecule is CNC(C)Cc1noc(C2(c3cccs3)CCCCC2)n1.Cl. The number of nitrogens with zero attached hydrogens (tertiary/aromatic N) is 2. The van der Waals surface area contributed by atoms with E-state index in [4.69, 9.17) is 9.51 Å². The van der Waals surface area contributed by atoms with E-state index in [1.54, 1.807) is 0 Å². The van der Waals surface area contributed by atoms with Crippen LogP contribution in [0.4, 0.5) is 0 Å². The molecule has 0 aromatic carbocycles. The molecule has 0 amide bonds. The Morgan fingerprint density at radius 2 is 2.14 bits per heavy atom. The Balaban J connectivity index is 0.00000176. The van der Waals surface area contributed by atoms with Crippen LogP contribution in [0, 0.1) is 0 Å². The number of halogens is 1. The maximum absolute atomic E-state index is 5.69. The van der Waals surface area contributed by atoms with Crippen molar-refractivity contribution >= 4 is 23.7 Å². The Kier molecular flexibility index (Phi) is 6.01. The van der Waals surface area contributed by atoms with Gasteiger partial charge >= 0.3 is 0 Å². The highest BCUT2D eigenvalue weighted by Crippen LogP contribution is 2.45. The fraction of sp³-hybridized carbons (Fsp3) is 0.625. The van der Waals surface area contributed by atoms with Gasteiger partial charge in [0.2, 0.25) is 5.89 Å². The van der Waals surface area contributed by atoms with E-state index in [0.29, 0.717) is 6.04 Å². The lowest BCUT2D eigenvalue weighted by atomic mass is 9.73. The molecule has 1 aliphatic carbocycles. The van der Waals surface area contributed by atoms with Gasteiger partial charge in [0, 0.05) is 17.3 Å². The first-order chi connectivity index (χ1) is 10.2. The number of nitrogens with one attached hydrogen (secondary N) is 1. The highest BCUT2D eigenvalue weighted by atomic mass is 35.5. The molecule has 0 aliphatic heterocycles. The average molecular weight is 342 g/mol. The number of likely N-dealkylation sites (N-methyl/N-ethyl adjacent to an activating group) is 1. The monoisotopic (exact) mass is 341 g/mol. The second-order valence-corrected chi connectivity index (χ2v) is 6.98. The van der Waals surface area contributed by atoms with E-state index in [1.807, 2.05) is 18.4 Å². The summed E-state index contributed by atoms with van der Waals surface area (Å²) < 4.78 is 5.69. The molecule has 22 heavy (non-hydrogen) atoms. The van der Waals surface area contributed by atoms with Crippen LogP contribution in [0.15, 0.2) is 22.0 Å². The number of rotatable bonds is 5. The van der Waals surface area contributed by atoms with Crippen LogP contribution in [0.3, 0.4) is 0 Å². The van der Waals surface area contributed by atoms with Crippen molar-refractivity contribution in [1.82, 2.24) is 15.5 Å². The summed E-state index contributed by atoms with van der Waals surface area (Å²) in [6.07, 6.45) is 6.84. The summed E-state index contributed by atoms with van der Waals surface area (Å²) in [4.78, 5) is 6.11. The highest BCUT2D eigenvalue weighted by Gasteiger charge is 2.41. The van der Waals surface area contributed by atoms with Crippen molar-refractivity contribution in [2.24, 2.45) is 0 Å².